The van der Waals surface area contributed by atoms with Crippen LogP contribution in [0.15, 0.2) is 12.1 Å². The van der Waals surface area contributed by atoms with E-state index in [-0.39, 0.29) is 0 Å². The van der Waals surface area contributed by atoms with E-state index in [0.717, 1.165) is 0 Å². The molecule has 1 aromatic rings. The van der Waals surface area contributed by atoms with Crippen molar-refractivity contribution in [1.29, 1.82) is 0 Å². The number of piperazine rings is 3. The lowest BCUT2D eigenvalue weighted by Gasteiger charge is -2.50. The molecule has 0 aliphatic carbocycles. The van der Waals surface area contributed by atoms with Gasteiger partial charge in [-0.05, 0) is 26.1 Å². The van der Waals surface area contributed by atoms with Crippen LogP contribution in [0.5, 0.6) is 0 Å². The average molecular weight is 251 g/mol. The average Bonchev–Trinajstić information content (AvgIpc) is 2.78. The van der Waals surface area contributed by atoms with Crippen LogP contribution in [0, 0.1) is 6.92 Å². The summed E-state index contributed by atoms with van der Waals surface area (Å²) in [6, 6.07) is 5.68. The smallest absolute Gasteiger partial charge is 0.0583 e. The summed E-state index contributed by atoms with van der Waals surface area (Å²) in [4.78, 5) is 8.17. The van der Waals surface area contributed by atoms with Gasteiger partial charge >= 0.3 is 0 Å². The molecule has 4 heterocycles. The molecule has 0 aromatic carbocycles. The third-order valence-corrected chi connectivity index (χ3v) is 5.17. The van der Waals surface area contributed by atoms with Gasteiger partial charge in [0.15, 0.2) is 0 Å². The van der Waals surface area contributed by atoms with Crippen LogP contribution in [0.25, 0.3) is 0 Å². The number of hydrogen-bond acceptors (Lipinski definition) is 4. The molecule has 4 heteroatoms. The third kappa shape index (κ3) is 2.15. The molecular formula is C13H21N3S. The van der Waals surface area contributed by atoms with Gasteiger partial charge in [-0.3, -0.25) is 9.80 Å². The maximum Gasteiger partial charge on any atom is 0.0583 e. The van der Waals surface area contributed by atoms with E-state index in [1.807, 2.05) is 11.3 Å². The molecule has 1 aromatic heterocycles. The maximum atomic E-state index is 3.53. The summed E-state index contributed by atoms with van der Waals surface area (Å²) in [7, 11) is 2.10. The Hall–Kier alpha value is -0.420. The van der Waals surface area contributed by atoms with Crippen LogP contribution in [0.3, 0.4) is 0 Å². The Morgan fingerprint density at radius 1 is 1.29 bits per heavy atom. The Kier molecular flexibility index (Phi) is 3.21. The highest BCUT2D eigenvalue weighted by atomic mass is 32.1. The fraction of sp³-hybridized carbons (Fsp3) is 0.692. The number of rotatable bonds is 3. The zero-order valence-electron chi connectivity index (χ0n) is 10.6. The van der Waals surface area contributed by atoms with Gasteiger partial charge in [-0.1, -0.05) is 0 Å². The van der Waals surface area contributed by atoms with Crippen molar-refractivity contribution in [1.82, 2.24) is 15.1 Å². The number of nitrogens with zero attached hydrogens (tertiary/aromatic N) is 2. The van der Waals surface area contributed by atoms with Gasteiger partial charge in [0, 0.05) is 48.5 Å². The van der Waals surface area contributed by atoms with Crippen LogP contribution in [0.1, 0.15) is 15.8 Å². The van der Waals surface area contributed by atoms with E-state index in [0.29, 0.717) is 12.1 Å². The molecule has 3 nitrogen and oxygen atoms in total. The van der Waals surface area contributed by atoms with E-state index < -0.39 is 0 Å². The molecule has 0 amide bonds. The van der Waals surface area contributed by atoms with Gasteiger partial charge in [-0.25, -0.2) is 0 Å². The fourth-order valence-electron chi connectivity index (χ4n) is 3.12. The van der Waals surface area contributed by atoms with Gasteiger partial charge in [0.1, 0.15) is 0 Å². The lowest BCUT2D eigenvalue weighted by molar-refractivity contribution is -0.00202. The molecule has 2 bridgehead atoms. The van der Waals surface area contributed by atoms with Crippen LogP contribution in [0.2, 0.25) is 0 Å². The minimum Gasteiger partial charge on any atom is -0.311 e. The first-order valence-electron chi connectivity index (χ1n) is 6.48. The number of thiophene rings is 1. The first-order valence-corrected chi connectivity index (χ1v) is 7.29. The van der Waals surface area contributed by atoms with Crippen molar-refractivity contribution in [3.63, 3.8) is 0 Å². The first-order chi connectivity index (χ1) is 8.28. The minimum absolute atomic E-state index is 0.497. The molecule has 3 aliphatic rings. The highest BCUT2D eigenvalue weighted by molar-refractivity contribution is 7.12. The third-order valence-electron chi connectivity index (χ3n) is 4.08. The van der Waals surface area contributed by atoms with E-state index in [9.17, 15) is 0 Å². The molecule has 3 fully saturated rings. The van der Waals surface area contributed by atoms with E-state index in [1.165, 1.54) is 42.5 Å². The highest BCUT2D eigenvalue weighted by Gasteiger charge is 2.37. The van der Waals surface area contributed by atoms with Crippen LogP contribution in [-0.2, 0) is 0 Å². The number of fused-ring (bicyclic) bond motifs is 3. The second-order valence-corrected chi connectivity index (χ2v) is 6.44. The zero-order valence-corrected chi connectivity index (χ0v) is 11.5. The van der Waals surface area contributed by atoms with E-state index in [1.54, 1.807) is 0 Å². The molecule has 0 spiro atoms. The topological polar surface area (TPSA) is 18.5 Å². The van der Waals surface area contributed by atoms with Crippen LogP contribution in [0.4, 0.5) is 0 Å². The predicted octanol–water partition coefficient (Wildman–Crippen LogP) is 1.32. The standard InChI is InChI=1S/C13H21N3S/c1-10-3-4-12(17-10)13(14-2)11-9-15-5-7-16(11)8-6-15/h3-4,11,13-14H,5-9H2,1-2H3. The molecule has 0 radical (unpaired) electrons. The van der Waals surface area contributed by atoms with Crippen molar-refractivity contribution < 1.29 is 0 Å². The molecule has 2 unspecified atom stereocenters. The number of likely N-dealkylation sites (N-methyl/N-ethyl adjacent to an activating group) is 1. The summed E-state index contributed by atoms with van der Waals surface area (Å²) in [6.07, 6.45) is 0. The second-order valence-electron chi connectivity index (χ2n) is 5.12. The zero-order chi connectivity index (χ0) is 11.8. The van der Waals surface area contributed by atoms with Crippen LogP contribution >= 0.6 is 11.3 Å². The number of hydrogen-bond donors (Lipinski definition) is 1. The van der Waals surface area contributed by atoms with E-state index in [2.05, 4.69) is 41.2 Å². The van der Waals surface area contributed by atoms with Crippen LogP contribution in [-0.4, -0.2) is 55.6 Å². The molecule has 4 rings (SSSR count). The lowest BCUT2D eigenvalue weighted by atomic mass is 9.99. The summed E-state index contributed by atoms with van der Waals surface area (Å²) >= 11 is 1.93. The van der Waals surface area contributed by atoms with Gasteiger partial charge in [-0.2, -0.15) is 0 Å². The first kappa shape index (κ1) is 11.7. The highest BCUT2D eigenvalue weighted by Crippen LogP contribution is 2.30. The van der Waals surface area contributed by atoms with Crippen molar-refractivity contribution in [2.45, 2.75) is 19.0 Å². The molecule has 2 atom stereocenters. The quantitative estimate of drug-likeness (QED) is 0.874. The Morgan fingerprint density at radius 2 is 2.06 bits per heavy atom. The van der Waals surface area contributed by atoms with E-state index in [4.69, 9.17) is 0 Å². The summed E-state index contributed by atoms with van der Waals surface area (Å²) in [6.45, 7) is 8.42. The largest absolute Gasteiger partial charge is 0.311 e. The van der Waals surface area contributed by atoms with Gasteiger partial charge in [0.2, 0.25) is 0 Å². The summed E-state index contributed by atoms with van der Waals surface area (Å²) in [5, 5.41) is 3.53. The summed E-state index contributed by atoms with van der Waals surface area (Å²) in [5.74, 6) is 0. The maximum absolute atomic E-state index is 3.53. The fourth-order valence-corrected chi connectivity index (χ4v) is 4.16. The summed E-state index contributed by atoms with van der Waals surface area (Å²) < 4.78 is 0. The Bertz CT molecular complexity index is 382. The predicted molar refractivity (Wildman–Crippen MR) is 72.7 cm³/mol. The van der Waals surface area contributed by atoms with Crippen LogP contribution < -0.4 is 5.32 Å². The van der Waals surface area contributed by atoms with Crippen molar-refractivity contribution >= 4 is 11.3 Å². The van der Waals surface area contributed by atoms with Gasteiger partial charge in [0.05, 0.1) is 6.04 Å². The molecule has 3 aliphatic heterocycles. The van der Waals surface area contributed by atoms with E-state index >= 15 is 0 Å². The lowest BCUT2D eigenvalue weighted by Crippen LogP contribution is -2.63. The number of nitrogens with one attached hydrogen (secondary N) is 1. The van der Waals surface area contributed by atoms with Gasteiger partial charge < -0.3 is 5.32 Å². The van der Waals surface area contributed by atoms with Gasteiger partial charge in [-0.15, -0.1) is 11.3 Å². The van der Waals surface area contributed by atoms with Gasteiger partial charge in [0.25, 0.3) is 0 Å². The van der Waals surface area contributed by atoms with Crippen molar-refractivity contribution in [3.8, 4) is 0 Å². The Balaban J connectivity index is 1.81. The second kappa shape index (κ2) is 4.69. The van der Waals surface area contributed by atoms with Crippen molar-refractivity contribution in [2.75, 3.05) is 39.8 Å². The van der Waals surface area contributed by atoms with Crippen molar-refractivity contribution in [2.24, 2.45) is 0 Å². The molecule has 17 heavy (non-hydrogen) atoms. The minimum atomic E-state index is 0.497. The summed E-state index contributed by atoms with van der Waals surface area (Å²) in [5.41, 5.74) is 0. The molecular weight excluding hydrogens is 230 g/mol. The van der Waals surface area contributed by atoms with Crippen molar-refractivity contribution in [3.05, 3.63) is 21.9 Å². The molecule has 1 N–H and O–H groups in total. The monoisotopic (exact) mass is 251 g/mol. The SMILES string of the molecule is CNC(c1ccc(C)s1)C1CN2CCN1CC2. The Morgan fingerprint density at radius 3 is 2.53 bits per heavy atom. The molecule has 0 saturated carbocycles. The number of aryl methyl sites for hydroxylation is 1. The Labute approximate surface area is 107 Å². The molecule has 94 valence electrons. The normalized spacial score (nSPS) is 33.9. The molecule has 3 saturated heterocycles.